The number of aliphatic imine (C=N–C) groups is 1. The molecule has 0 spiro atoms. The monoisotopic (exact) mass is 206 g/mol. The van der Waals surface area contributed by atoms with Gasteiger partial charge in [0.2, 0.25) is 0 Å². The summed E-state index contributed by atoms with van der Waals surface area (Å²) in [4.78, 5) is 3.51. The van der Waals surface area contributed by atoms with Gasteiger partial charge in [0.15, 0.2) is 0 Å². The van der Waals surface area contributed by atoms with Gasteiger partial charge in [0.25, 0.3) is 0 Å². The Morgan fingerprint density at radius 2 is 2.43 bits per heavy atom. The summed E-state index contributed by atoms with van der Waals surface area (Å²) in [7, 11) is 0. The molecule has 0 aromatic heterocycles. The molecule has 36 valence electrons. The van der Waals surface area contributed by atoms with Crippen LogP contribution in [-0.2, 0) is 0 Å². The molecule has 0 saturated heterocycles. The average molecular weight is 206 g/mol. The van der Waals surface area contributed by atoms with Gasteiger partial charge in [-0.3, -0.25) is 5.41 Å². The lowest BCUT2D eigenvalue weighted by Crippen LogP contribution is -1.54. The third-order valence-electron chi connectivity index (χ3n) is 0.250. The van der Waals surface area contributed by atoms with Gasteiger partial charge in [-0.05, 0) is 28.5 Å². The zero-order chi connectivity index (χ0) is 5.54. The molecule has 0 aromatic carbocycles. The molecule has 0 unspecified atom stereocenters. The lowest BCUT2D eigenvalue weighted by atomic mass is 10.7. The molecule has 0 rings (SSSR count). The molecule has 0 bridgehead atoms. The summed E-state index contributed by atoms with van der Waals surface area (Å²) in [6.45, 7) is 0. The Kier molecular flexibility index (Phi) is 5.33. The summed E-state index contributed by atoms with van der Waals surface area (Å²) >= 11 is 1.96. The van der Waals surface area contributed by atoms with E-state index in [1.807, 2.05) is 22.6 Å². The summed E-state index contributed by atoms with van der Waals surface area (Å²) in [5, 5.41) is 6.41. The number of rotatable bonds is 0. The average Bonchev–Trinajstić information content (AvgIpc) is 1.69. The van der Waals surface area contributed by atoms with Crippen LogP contribution in [0.2, 0.25) is 0 Å². The molecule has 0 aliphatic carbocycles. The van der Waals surface area contributed by atoms with Crippen molar-refractivity contribution in [2.24, 2.45) is 4.99 Å². The Morgan fingerprint density at radius 1 is 1.71 bits per heavy atom. The second-order valence-electron chi connectivity index (χ2n) is 0.627. The molecule has 0 radical (unpaired) electrons. The van der Waals surface area contributed by atoms with Crippen LogP contribution in [0.5, 0.6) is 0 Å². The van der Waals surface area contributed by atoms with Crippen molar-refractivity contribution >= 4 is 33.0 Å². The third-order valence-corrected chi connectivity index (χ3v) is 0.529. The zero-order valence-electron chi connectivity index (χ0n) is 3.48. The molecule has 0 heterocycles. The predicted octanol–water partition coefficient (Wildman–Crippen LogP) is 1.06. The van der Waals surface area contributed by atoms with E-state index in [9.17, 15) is 0 Å². The van der Waals surface area contributed by atoms with Crippen LogP contribution in [0.25, 0.3) is 0 Å². The maximum atomic E-state index is 6.41. The Hall–Kier alpha value is -0.370. The van der Waals surface area contributed by atoms with E-state index in [-0.39, 0.29) is 0 Å². The van der Waals surface area contributed by atoms with Crippen molar-refractivity contribution in [1.82, 2.24) is 0 Å². The quantitative estimate of drug-likeness (QED) is 0.349. The van der Waals surface area contributed by atoms with Crippen LogP contribution >= 0.6 is 22.6 Å². The highest BCUT2D eigenvalue weighted by atomic mass is 127. The van der Waals surface area contributed by atoms with Crippen molar-refractivity contribution in [2.75, 3.05) is 0 Å². The molecule has 0 amide bonds. The fourth-order valence-electron chi connectivity index (χ4n) is 0.0939. The number of halogens is 1. The molecule has 0 saturated carbocycles. The first-order valence-corrected chi connectivity index (χ1v) is 2.77. The summed E-state index contributed by atoms with van der Waals surface area (Å²) in [5.74, 6) is 2.34. The molecule has 7 heavy (non-hydrogen) atoms. The summed E-state index contributed by atoms with van der Waals surface area (Å²) < 4.78 is 1.55. The second kappa shape index (κ2) is 5.63. The van der Waals surface area contributed by atoms with Crippen LogP contribution in [0, 0.1) is 17.4 Å². The molecular weight excluding hydrogens is 203 g/mol. The Morgan fingerprint density at radius 3 is 2.86 bits per heavy atom. The van der Waals surface area contributed by atoms with E-state index < -0.39 is 0 Å². The van der Waals surface area contributed by atoms with Gasteiger partial charge in [0.1, 0.15) is 0 Å². The van der Waals surface area contributed by atoms with Crippen LogP contribution < -0.4 is 0 Å². The standard InChI is InChI=1S/C4H3IN2/c5-4-7-3-1-2-6/h2,4,6H/b6-2?,7-4-. The Bertz CT molecular complexity index is 128. The van der Waals surface area contributed by atoms with Crippen molar-refractivity contribution in [3.8, 4) is 12.0 Å². The summed E-state index contributed by atoms with van der Waals surface area (Å²) in [6, 6.07) is 2.35. The highest BCUT2D eigenvalue weighted by molar-refractivity contribution is 14.1. The molecular formula is C4H3IN2. The number of nitrogens with zero attached hydrogens (tertiary/aromatic N) is 1. The number of nitrogens with one attached hydrogen (secondary N) is 1. The van der Waals surface area contributed by atoms with Gasteiger partial charge in [-0.25, -0.2) is 0 Å². The van der Waals surface area contributed by atoms with E-state index in [4.69, 9.17) is 5.41 Å². The van der Waals surface area contributed by atoms with Gasteiger partial charge in [0, 0.05) is 6.04 Å². The van der Waals surface area contributed by atoms with E-state index in [1.165, 1.54) is 0 Å². The van der Waals surface area contributed by atoms with Crippen molar-refractivity contribution in [3.05, 3.63) is 0 Å². The molecule has 0 aliphatic rings. The van der Waals surface area contributed by atoms with Gasteiger partial charge in [-0.15, -0.1) is 0 Å². The van der Waals surface area contributed by atoms with E-state index in [1.54, 1.807) is 4.22 Å². The maximum absolute atomic E-state index is 6.41. The molecule has 3 heteroatoms. The first kappa shape index (κ1) is 6.63. The SMILES string of the molecule is N=CC#C/N=C\I. The fraction of sp³-hybridized carbons (Fsp3) is 0. The molecule has 0 aromatic rings. The van der Waals surface area contributed by atoms with Crippen molar-refractivity contribution in [1.29, 1.82) is 5.41 Å². The number of hydrogen-bond acceptors (Lipinski definition) is 2. The zero-order valence-corrected chi connectivity index (χ0v) is 5.64. The normalized spacial score (nSPS) is 7.57. The molecule has 0 fully saturated rings. The van der Waals surface area contributed by atoms with Crippen LogP contribution in [0.1, 0.15) is 0 Å². The lowest BCUT2D eigenvalue weighted by Gasteiger charge is -1.57. The van der Waals surface area contributed by atoms with Gasteiger partial charge in [-0.2, -0.15) is 4.99 Å². The van der Waals surface area contributed by atoms with Gasteiger partial charge in [0.05, 0.1) is 10.4 Å². The van der Waals surface area contributed by atoms with Gasteiger partial charge < -0.3 is 0 Å². The second-order valence-corrected chi connectivity index (χ2v) is 1.18. The van der Waals surface area contributed by atoms with E-state index in [0.717, 1.165) is 6.21 Å². The minimum absolute atomic E-state index is 1.00. The topological polar surface area (TPSA) is 36.2 Å². The predicted molar refractivity (Wildman–Crippen MR) is 39.1 cm³/mol. The van der Waals surface area contributed by atoms with Crippen molar-refractivity contribution in [3.63, 3.8) is 0 Å². The highest BCUT2D eigenvalue weighted by Gasteiger charge is 1.50. The minimum Gasteiger partial charge on any atom is -0.300 e. The molecule has 0 atom stereocenters. The minimum atomic E-state index is 1.00. The molecule has 2 nitrogen and oxygen atoms in total. The Balaban J connectivity index is 3.45. The summed E-state index contributed by atoms with van der Waals surface area (Å²) in [6.07, 6.45) is 1.00. The van der Waals surface area contributed by atoms with Crippen molar-refractivity contribution in [2.45, 2.75) is 0 Å². The molecule has 1 N–H and O–H groups in total. The lowest BCUT2D eigenvalue weighted by molar-refractivity contribution is 1.58. The van der Waals surface area contributed by atoms with Crippen molar-refractivity contribution < 1.29 is 0 Å². The molecule has 0 aliphatic heterocycles. The maximum Gasteiger partial charge on any atom is 0.0758 e. The Labute approximate surface area is 55.7 Å². The first-order valence-electron chi connectivity index (χ1n) is 1.53. The smallest absolute Gasteiger partial charge is 0.0758 e. The van der Waals surface area contributed by atoms with E-state index in [2.05, 4.69) is 17.0 Å². The van der Waals surface area contributed by atoms with E-state index >= 15 is 0 Å². The van der Waals surface area contributed by atoms with Crippen LogP contribution in [0.4, 0.5) is 0 Å². The van der Waals surface area contributed by atoms with E-state index in [0.29, 0.717) is 0 Å². The first-order chi connectivity index (χ1) is 3.41. The van der Waals surface area contributed by atoms with Gasteiger partial charge >= 0.3 is 0 Å². The largest absolute Gasteiger partial charge is 0.300 e. The number of hydrogen-bond donors (Lipinski definition) is 1. The fourth-order valence-corrected chi connectivity index (χ4v) is 0.233. The van der Waals surface area contributed by atoms with Crippen LogP contribution in [0.3, 0.4) is 0 Å². The summed E-state index contributed by atoms with van der Waals surface area (Å²) in [5.41, 5.74) is 0. The van der Waals surface area contributed by atoms with Crippen LogP contribution in [-0.4, -0.2) is 10.4 Å². The third kappa shape index (κ3) is 5.63. The van der Waals surface area contributed by atoms with Crippen LogP contribution in [0.15, 0.2) is 4.99 Å². The van der Waals surface area contributed by atoms with Gasteiger partial charge in [-0.1, -0.05) is 0 Å². The highest BCUT2D eigenvalue weighted by Crippen LogP contribution is 1.67.